The van der Waals surface area contributed by atoms with Gasteiger partial charge in [-0.15, -0.1) is 0 Å². The summed E-state index contributed by atoms with van der Waals surface area (Å²) in [4.78, 5) is 24.3. The third-order valence-corrected chi connectivity index (χ3v) is 8.55. The summed E-state index contributed by atoms with van der Waals surface area (Å²) >= 11 is 0. The molecule has 3 saturated heterocycles. The molecule has 0 bridgehead atoms. The van der Waals surface area contributed by atoms with Crippen molar-refractivity contribution in [2.75, 3.05) is 61.5 Å². The Labute approximate surface area is 235 Å². The minimum atomic E-state index is -0.476. The molecule has 0 spiro atoms. The van der Waals surface area contributed by atoms with Gasteiger partial charge in [0, 0.05) is 74.0 Å². The third kappa shape index (κ3) is 5.13. The summed E-state index contributed by atoms with van der Waals surface area (Å²) in [5.41, 5.74) is 3.41. The number of amides is 1. The average Bonchev–Trinajstić information content (AvgIpc) is 3.32. The van der Waals surface area contributed by atoms with E-state index in [1.807, 2.05) is 12.1 Å². The van der Waals surface area contributed by atoms with Gasteiger partial charge in [0.2, 0.25) is 0 Å². The van der Waals surface area contributed by atoms with E-state index in [-0.39, 0.29) is 29.9 Å². The molecule has 0 radical (unpaired) electrons. The van der Waals surface area contributed by atoms with Crippen molar-refractivity contribution >= 4 is 28.9 Å². The molecule has 5 heterocycles. The molecule has 0 aliphatic carbocycles. The number of nitrogens with one attached hydrogen (secondary N) is 3. The second-order valence-corrected chi connectivity index (χ2v) is 11.2. The van der Waals surface area contributed by atoms with Crippen molar-refractivity contribution in [3.63, 3.8) is 0 Å². The summed E-state index contributed by atoms with van der Waals surface area (Å²) < 4.78 is 20.9. The number of halogens is 1. The monoisotopic (exact) mass is 547 g/mol. The molecule has 1 amide bonds. The molecule has 40 heavy (non-hydrogen) atoms. The normalized spacial score (nSPS) is 23.3. The Morgan fingerprint density at radius 1 is 1.18 bits per heavy atom. The van der Waals surface area contributed by atoms with Gasteiger partial charge in [-0.3, -0.25) is 9.69 Å². The maximum atomic E-state index is 15.5. The van der Waals surface area contributed by atoms with E-state index in [2.05, 4.69) is 67.8 Å². The largest absolute Gasteiger partial charge is 0.378 e. The summed E-state index contributed by atoms with van der Waals surface area (Å²) in [5, 5.41) is 9.36. The van der Waals surface area contributed by atoms with Crippen LogP contribution in [0.1, 0.15) is 35.7 Å². The number of anilines is 4. The third-order valence-electron chi connectivity index (χ3n) is 8.55. The van der Waals surface area contributed by atoms with Crippen molar-refractivity contribution in [3.05, 3.63) is 66.1 Å². The maximum absolute atomic E-state index is 15.5. The Hall–Kier alpha value is -3.63. The van der Waals surface area contributed by atoms with Gasteiger partial charge < -0.3 is 30.5 Å². The summed E-state index contributed by atoms with van der Waals surface area (Å²) in [7, 11) is 0. The molecule has 1 aromatic heterocycles. The van der Waals surface area contributed by atoms with Crippen LogP contribution in [0.5, 0.6) is 0 Å². The molecule has 0 saturated carbocycles. The minimum absolute atomic E-state index is 0.00183. The number of carbonyl (C=O) groups excluding carboxylic acids is 1. The molecule has 3 fully saturated rings. The standard InChI is InChI=1S/C30H38FN7O2/c1-4-19(2)36-11-5-6-22(16-36)34-29-27(31)25-14-32-30(39)26(25)28(35-29)33-21-7-9-23(10-8-21)38-13-12-37(15-20(38)3)24-17-40-18-24/h4,7-10,20,22,24H,1-2,5-6,11-18H2,3H3,(H,32,39)(H2,33,34,35). The molecule has 1 aromatic carbocycles. The highest BCUT2D eigenvalue weighted by Gasteiger charge is 2.33. The maximum Gasteiger partial charge on any atom is 0.255 e. The highest BCUT2D eigenvalue weighted by Crippen LogP contribution is 2.33. The van der Waals surface area contributed by atoms with Crippen LogP contribution in [0.15, 0.2) is 49.2 Å². The number of hydrogen-bond acceptors (Lipinski definition) is 8. The number of benzene rings is 1. The van der Waals surface area contributed by atoms with Crippen LogP contribution in [-0.4, -0.2) is 84.8 Å². The van der Waals surface area contributed by atoms with Crippen LogP contribution in [0.2, 0.25) is 0 Å². The number of hydrogen-bond donors (Lipinski definition) is 3. The van der Waals surface area contributed by atoms with E-state index < -0.39 is 5.82 Å². The number of carbonyl (C=O) groups is 1. The van der Waals surface area contributed by atoms with Gasteiger partial charge in [-0.1, -0.05) is 13.2 Å². The molecule has 3 N–H and O–H groups in total. The van der Waals surface area contributed by atoms with Gasteiger partial charge in [-0.2, -0.15) is 0 Å². The number of allylic oxidation sites excluding steroid dienone is 1. The molecule has 10 heteroatoms. The molecule has 2 aromatic rings. The lowest BCUT2D eigenvalue weighted by Crippen LogP contribution is -2.59. The number of aromatic nitrogens is 1. The number of likely N-dealkylation sites (tertiary alicyclic amines) is 1. The van der Waals surface area contributed by atoms with Crippen LogP contribution >= 0.6 is 0 Å². The first kappa shape index (κ1) is 26.6. The SMILES string of the molecule is C=CC(=C)N1CCCC(Nc2nc(Nc3ccc(N4CCN(C5COC5)CC4C)cc3)c3c(c2F)CNC3=O)C1. The van der Waals surface area contributed by atoms with Gasteiger partial charge in [0.05, 0.1) is 24.8 Å². The fourth-order valence-electron chi connectivity index (χ4n) is 6.15. The van der Waals surface area contributed by atoms with Crippen molar-refractivity contribution in [1.29, 1.82) is 0 Å². The van der Waals surface area contributed by atoms with E-state index >= 15 is 4.39 Å². The van der Waals surface area contributed by atoms with Crippen molar-refractivity contribution in [1.82, 2.24) is 20.1 Å². The number of piperazine rings is 1. The van der Waals surface area contributed by atoms with Gasteiger partial charge >= 0.3 is 0 Å². The van der Waals surface area contributed by atoms with Crippen LogP contribution in [0.4, 0.5) is 27.4 Å². The topological polar surface area (TPSA) is 85.0 Å². The smallest absolute Gasteiger partial charge is 0.255 e. The van der Waals surface area contributed by atoms with Crippen LogP contribution in [0.25, 0.3) is 0 Å². The van der Waals surface area contributed by atoms with Gasteiger partial charge in [-0.25, -0.2) is 9.37 Å². The van der Waals surface area contributed by atoms with Crippen molar-refractivity contribution in [2.24, 2.45) is 0 Å². The van der Waals surface area contributed by atoms with E-state index in [0.29, 0.717) is 30.0 Å². The lowest BCUT2D eigenvalue weighted by molar-refractivity contribution is -0.0691. The quantitative estimate of drug-likeness (QED) is 0.432. The van der Waals surface area contributed by atoms with E-state index in [1.165, 1.54) is 0 Å². The van der Waals surface area contributed by atoms with Crippen molar-refractivity contribution in [3.8, 4) is 0 Å². The molecule has 2 unspecified atom stereocenters. The lowest BCUT2D eigenvalue weighted by Gasteiger charge is -2.46. The van der Waals surface area contributed by atoms with Gasteiger partial charge in [0.1, 0.15) is 5.82 Å². The lowest BCUT2D eigenvalue weighted by atomic mass is 10.0. The number of ether oxygens (including phenoxy) is 1. The highest BCUT2D eigenvalue weighted by atomic mass is 19.1. The molecule has 212 valence electrons. The minimum Gasteiger partial charge on any atom is -0.378 e. The Morgan fingerprint density at radius 2 is 1.98 bits per heavy atom. The van der Waals surface area contributed by atoms with E-state index in [9.17, 15) is 4.79 Å². The fraction of sp³-hybridized carbons (Fsp3) is 0.467. The van der Waals surface area contributed by atoms with Crippen LogP contribution in [0.3, 0.4) is 0 Å². The van der Waals surface area contributed by atoms with Crippen molar-refractivity contribution < 1.29 is 13.9 Å². The molecular formula is C30H38FN7O2. The Morgan fingerprint density at radius 3 is 2.67 bits per heavy atom. The summed E-state index contributed by atoms with van der Waals surface area (Å²) in [6.45, 7) is 16.5. The fourth-order valence-corrected chi connectivity index (χ4v) is 6.15. The summed E-state index contributed by atoms with van der Waals surface area (Å²) in [6, 6.07) is 9.12. The Balaban J connectivity index is 1.18. The van der Waals surface area contributed by atoms with Gasteiger partial charge in [0.15, 0.2) is 11.6 Å². The van der Waals surface area contributed by atoms with Gasteiger partial charge in [-0.05, 0) is 50.1 Å². The molecule has 4 aliphatic heterocycles. The zero-order chi connectivity index (χ0) is 27.8. The molecule has 9 nitrogen and oxygen atoms in total. The van der Waals surface area contributed by atoms with Crippen LogP contribution in [-0.2, 0) is 11.3 Å². The first-order valence-corrected chi connectivity index (χ1v) is 14.2. The average molecular weight is 548 g/mol. The zero-order valence-corrected chi connectivity index (χ0v) is 23.1. The summed E-state index contributed by atoms with van der Waals surface area (Å²) in [5.74, 6) is -0.277. The second-order valence-electron chi connectivity index (χ2n) is 11.2. The molecular weight excluding hydrogens is 509 g/mol. The Kier molecular flexibility index (Phi) is 7.37. The molecule has 4 aliphatic rings. The van der Waals surface area contributed by atoms with E-state index in [1.54, 1.807) is 6.08 Å². The second kappa shape index (κ2) is 11.1. The number of pyridine rings is 1. The molecule has 6 rings (SSSR count). The van der Waals surface area contributed by atoms with Crippen LogP contribution in [0, 0.1) is 5.82 Å². The van der Waals surface area contributed by atoms with Crippen molar-refractivity contribution in [2.45, 2.75) is 44.4 Å². The molecule has 2 atom stereocenters. The number of nitrogens with zero attached hydrogens (tertiary/aromatic N) is 4. The zero-order valence-electron chi connectivity index (χ0n) is 23.1. The highest BCUT2D eigenvalue weighted by molar-refractivity contribution is 6.03. The number of fused-ring (bicyclic) bond motifs is 1. The van der Waals surface area contributed by atoms with Gasteiger partial charge in [0.25, 0.3) is 5.91 Å². The van der Waals surface area contributed by atoms with E-state index in [4.69, 9.17) is 4.74 Å². The first-order valence-electron chi connectivity index (χ1n) is 14.2. The predicted molar refractivity (Wildman–Crippen MR) is 156 cm³/mol. The first-order chi connectivity index (χ1) is 19.4. The number of rotatable bonds is 8. The summed E-state index contributed by atoms with van der Waals surface area (Å²) in [6.07, 6.45) is 3.59. The predicted octanol–water partition coefficient (Wildman–Crippen LogP) is 3.69. The number of piperidine rings is 1. The van der Waals surface area contributed by atoms with E-state index in [0.717, 1.165) is 69.3 Å². The Bertz CT molecular complexity index is 1300. The van der Waals surface area contributed by atoms with Crippen LogP contribution < -0.4 is 20.9 Å².